The summed E-state index contributed by atoms with van der Waals surface area (Å²) in [7, 11) is 2.08. The molecule has 4 nitrogen and oxygen atoms in total. The summed E-state index contributed by atoms with van der Waals surface area (Å²) in [5, 5.41) is 5.98. The quantitative estimate of drug-likeness (QED) is 0.784. The van der Waals surface area contributed by atoms with Crippen molar-refractivity contribution in [3.05, 3.63) is 69.9 Å². The summed E-state index contributed by atoms with van der Waals surface area (Å²) in [5.74, 6) is -0.354. The van der Waals surface area contributed by atoms with Gasteiger partial charge in [0.15, 0.2) is 0 Å². The smallest absolute Gasteiger partial charge is 0.315 e. The van der Waals surface area contributed by atoms with Gasteiger partial charge in [-0.2, -0.15) is 0 Å². The molecular formula is C20H23BrFN3O. The maximum atomic E-state index is 14.5. The van der Waals surface area contributed by atoms with Gasteiger partial charge >= 0.3 is 6.03 Å². The van der Waals surface area contributed by atoms with E-state index in [0.29, 0.717) is 10.0 Å². The molecule has 2 aromatic rings. The first kappa shape index (κ1) is 18.9. The molecular weight excluding hydrogens is 397 g/mol. The third kappa shape index (κ3) is 4.83. The van der Waals surface area contributed by atoms with Crippen LogP contribution in [0, 0.1) is 5.82 Å². The highest BCUT2D eigenvalue weighted by Gasteiger charge is 2.23. The van der Waals surface area contributed by atoms with Crippen LogP contribution in [0.1, 0.15) is 30.0 Å². The Morgan fingerprint density at radius 1 is 1.19 bits per heavy atom. The van der Waals surface area contributed by atoms with Gasteiger partial charge in [0.25, 0.3) is 0 Å². The average molecular weight is 420 g/mol. The van der Waals surface area contributed by atoms with Gasteiger partial charge in [-0.3, -0.25) is 0 Å². The van der Waals surface area contributed by atoms with Gasteiger partial charge < -0.3 is 15.5 Å². The standard InChI is InChI=1S/C20H23BrFN3O/c1-25-11-9-16(10-12-25)23-20(26)24-19(14-5-3-2-4-6-14)17-8-7-15(21)13-18(17)22/h2-8,13,16,19H,9-12H2,1H3,(H2,23,24,26)/t19-/m1/s1. The number of hydrogen-bond acceptors (Lipinski definition) is 2. The second-order valence-electron chi connectivity index (χ2n) is 6.70. The molecule has 1 aliphatic rings. The molecule has 0 spiro atoms. The minimum absolute atomic E-state index is 0.150. The van der Waals surface area contributed by atoms with E-state index in [1.54, 1.807) is 12.1 Å². The summed E-state index contributed by atoms with van der Waals surface area (Å²) in [6, 6.07) is 13.7. The molecule has 6 heteroatoms. The lowest BCUT2D eigenvalue weighted by molar-refractivity contribution is 0.212. The minimum Gasteiger partial charge on any atom is -0.335 e. The second kappa shape index (κ2) is 8.64. The molecule has 138 valence electrons. The Bertz CT molecular complexity index is 748. The number of urea groups is 1. The van der Waals surface area contributed by atoms with Crippen LogP contribution >= 0.6 is 15.9 Å². The second-order valence-corrected chi connectivity index (χ2v) is 7.62. The van der Waals surface area contributed by atoms with Crippen molar-refractivity contribution in [1.29, 1.82) is 0 Å². The molecule has 0 saturated carbocycles. The lowest BCUT2D eigenvalue weighted by Crippen LogP contribution is -2.48. The number of amides is 2. The topological polar surface area (TPSA) is 44.4 Å². The summed E-state index contributed by atoms with van der Waals surface area (Å²) < 4.78 is 15.2. The number of hydrogen-bond donors (Lipinski definition) is 2. The molecule has 2 aromatic carbocycles. The van der Waals surface area contributed by atoms with E-state index in [2.05, 4.69) is 38.5 Å². The van der Waals surface area contributed by atoms with Crippen LogP contribution in [0.25, 0.3) is 0 Å². The maximum Gasteiger partial charge on any atom is 0.315 e. The van der Waals surface area contributed by atoms with Crippen LogP contribution in [0.4, 0.5) is 9.18 Å². The monoisotopic (exact) mass is 419 g/mol. The Morgan fingerprint density at radius 3 is 2.54 bits per heavy atom. The van der Waals surface area contributed by atoms with Gasteiger partial charge in [0.05, 0.1) is 6.04 Å². The Hall–Kier alpha value is -1.92. The molecule has 1 saturated heterocycles. The number of halogens is 2. The number of nitrogens with zero attached hydrogens (tertiary/aromatic N) is 1. The highest BCUT2D eigenvalue weighted by Crippen LogP contribution is 2.26. The van der Waals surface area contributed by atoms with E-state index in [1.807, 2.05) is 30.3 Å². The molecule has 0 aliphatic carbocycles. The number of carbonyl (C=O) groups is 1. The van der Waals surface area contributed by atoms with Crippen molar-refractivity contribution in [3.8, 4) is 0 Å². The molecule has 0 radical (unpaired) electrons. The molecule has 0 bridgehead atoms. The maximum absolute atomic E-state index is 14.5. The third-order valence-electron chi connectivity index (χ3n) is 4.74. The number of rotatable bonds is 4. The van der Waals surface area contributed by atoms with Crippen molar-refractivity contribution in [3.63, 3.8) is 0 Å². The van der Waals surface area contributed by atoms with Crippen molar-refractivity contribution in [2.75, 3.05) is 20.1 Å². The first-order valence-corrected chi connectivity index (χ1v) is 9.57. The van der Waals surface area contributed by atoms with Gasteiger partial charge in [-0.25, -0.2) is 9.18 Å². The summed E-state index contributed by atoms with van der Waals surface area (Å²) >= 11 is 3.28. The van der Waals surface area contributed by atoms with Gasteiger partial charge in [0.1, 0.15) is 5.82 Å². The normalized spacial score (nSPS) is 16.9. The molecule has 1 heterocycles. The number of piperidine rings is 1. The van der Waals surface area contributed by atoms with Gasteiger partial charge in [-0.05, 0) is 50.7 Å². The van der Waals surface area contributed by atoms with E-state index in [-0.39, 0.29) is 17.9 Å². The largest absolute Gasteiger partial charge is 0.335 e. The van der Waals surface area contributed by atoms with E-state index in [1.165, 1.54) is 6.07 Å². The molecule has 2 N–H and O–H groups in total. The molecule has 2 amide bonds. The van der Waals surface area contributed by atoms with Crippen molar-refractivity contribution in [2.45, 2.75) is 24.9 Å². The third-order valence-corrected chi connectivity index (χ3v) is 5.23. The molecule has 1 fully saturated rings. The fourth-order valence-corrected chi connectivity index (χ4v) is 3.57. The molecule has 3 rings (SSSR count). The zero-order valence-corrected chi connectivity index (χ0v) is 16.3. The Balaban J connectivity index is 1.77. The van der Waals surface area contributed by atoms with Crippen LogP contribution in [-0.4, -0.2) is 37.1 Å². The van der Waals surface area contributed by atoms with Crippen molar-refractivity contribution in [1.82, 2.24) is 15.5 Å². The lowest BCUT2D eigenvalue weighted by atomic mass is 9.98. The number of likely N-dealkylation sites (tertiary alicyclic amines) is 1. The van der Waals surface area contributed by atoms with Crippen LogP contribution in [-0.2, 0) is 0 Å². The van der Waals surface area contributed by atoms with Gasteiger partial charge in [-0.1, -0.05) is 52.3 Å². The average Bonchev–Trinajstić information content (AvgIpc) is 2.63. The Kier molecular flexibility index (Phi) is 6.27. The van der Waals surface area contributed by atoms with Crippen molar-refractivity contribution in [2.24, 2.45) is 0 Å². The molecule has 1 aliphatic heterocycles. The number of nitrogens with one attached hydrogen (secondary N) is 2. The summed E-state index contributed by atoms with van der Waals surface area (Å²) in [6.45, 7) is 1.93. The van der Waals surface area contributed by atoms with Gasteiger partial charge in [0, 0.05) is 16.1 Å². The summed E-state index contributed by atoms with van der Waals surface area (Å²) in [4.78, 5) is 14.8. The zero-order chi connectivity index (χ0) is 18.5. The van der Waals surface area contributed by atoms with Crippen LogP contribution < -0.4 is 10.6 Å². The Labute approximate surface area is 161 Å². The van der Waals surface area contributed by atoms with E-state index in [4.69, 9.17) is 0 Å². The SMILES string of the molecule is CN1CCC(NC(=O)N[C@H](c2ccccc2)c2ccc(Br)cc2F)CC1. The van der Waals surface area contributed by atoms with Gasteiger partial charge in [0.2, 0.25) is 0 Å². The van der Waals surface area contributed by atoms with E-state index < -0.39 is 6.04 Å². The zero-order valence-electron chi connectivity index (χ0n) is 14.7. The fourth-order valence-electron chi connectivity index (χ4n) is 3.23. The highest BCUT2D eigenvalue weighted by molar-refractivity contribution is 9.10. The van der Waals surface area contributed by atoms with E-state index in [9.17, 15) is 9.18 Å². The van der Waals surface area contributed by atoms with Crippen LogP contribution in [0.3, 0.4) is 0 Å². The lowest BCUT2D eigenvalue weighted by Gasteiger charge is -2.30. The Morgan fingerprint density at radius 2 is 1.88 bits per heavy atom. The molecule has 26 heavy (non-hydrogen) atoms. The molecule has 1 atom stereocenters. The first-order valence-electron chi connectivity index (χ1n) is 8.78. The van der Waals surface area contributed by atoms with Crippen molar-refractivity contribution >= 4 is 22.0 Å². The van der Waals surface area contributed by atoms with Crippen molar-refractivity contribution < 1.29 is 9.18 Å². The number of carbonyl (C=O) groups excluding carboxylic acids is 1. The minimum atomic E-state index is -0.546. The van der Waals surface area contributed by atoms with E-state index >= 15 is 0 Å². The number of benzene rings is 2. The van der Waals surface area contributed by atoms with Crippen LogP contribution in [0.5, 0.6) is 0 Å². The fraction of sp³-hybridized carbons (Fsp3) is 0.350. The summed E-state index contributed by atoms with van der Waals surface area (Å²) in [6.07, 6.45) is 1.85. The van der Waals surface area contributed by atoms with Crippen LogP contribution in [0.15, 0.2) is 53.0 Å². The van der Waals surface area contributed by atoms with Crippen LogP contribution in [0.2, 0.25) is 0 Å². The highest BCUT2D eigenvalue weighted by atomic mass is 79.9. The predicted molar refractivity (Wildman–Crippen MR) is 105 cm³/mol. The van der Waals surface area contributed by atoms with E-state index in [0.717, 1.165) is 31.5 Å². The van der Waals surface area contributed by atoms with Gasteiger partial charge in [-0.15, -0.1) is 0 Å². The predicted octanol–water partition coefficient (Wildman–Crippen LogP) is 4.07. The summed E-state index contributed by atoms with van der Waals surface area (Å²) in [5.41, 5.74) is 1.28. The first-order chi connectivity index (χ1) is 12.5. The molecule has 0 aromatic heterocycles. The molecule has 0 unspecified atom stereocenters.